The van der Waals surface area contributed by atoms with Crippen molar-refractivity contribution in [2.45, 2.75) is 33.1 Å². The molecule has 0 aliphatic carbocycles. The van der Waals surface area contributed by atoms with E-state index in [1.807, 2.05) is 24.3 Å². The SMILES string of the molecule is CCCCOc1ccc(C(=O)Oc2ccc(/C=N/NC(=O)COc3ccc(CC)cc3)cc2)cc1. The van der Waals surface area contributed by atoms with Gasteiger partial charge >= 0.3 is 5.97 Å². The fourth-order valence-corrected chi connectivity index (χ4v) is 2.99. The number of esters is 1. The molecule has 3 rings (SSSR count). The number of aryl methyl sites for hydroxylation is 1. The highest BCUT2D eigenvalue weighted by molar-refractivity contribution is 5.91. The summed E-state index contributed by atoms with van der Waals surface area (Å²) in [4.78, 5) is 24.3. The van der Waals surface area contributed by atoms with Crippen molar-refractivity contribution < 1.29 is 23.8 Å². The molecule has 0 atom stereocenters. The highest BCUT2D eigenvalue weighted by Gasteiger charge is 2.09. The van der Waals surface area contributed by atoms with Crippen molar-refractivity contribution in [2.75, 3.05) is 13.2 Å². The number of hydrogen-bond acceptors (Lipinski definition) is 6. The van der Waals surface area contributed by atoms with E-state index in [0.29, 0.717) is 23.7 Å². The number of unbranched alkanes of at least 4 members (excludes halogenated alkanes) is 1. The van der Waals surface area contributed by atoms with Crippen LogP contribution in [-0.4, -0.2) is 31.3 Å². The Morgan fingerprint density at radius 2 is 1.46 bits per heavy atom. The van der Waals surface area contributed by atoms with Gasteiger partial charge < -0.3 is 14.2 Å². The maximum absolute atomic E-state index is 12.4. The molecule has 0 saturated carbocycles. The van der Waals surface area contributed by atoms with Gasteiger partial charge in [0.25, 0.3) is 5.91 Å². The Kier molecular flexibility index (Phi) is 9.87. The molecule has 7 heteroatoms. The molecular weight excluding hydrogens is 444 g/mol. The minimum absolute atomic E-state index is 0.135. The minimum Gasteiger partial charge on any atom is -0.494 e. The monoisotopic (exact) mass is 474 g/mol. The molecule has 0 aliphatic rings. The molecule has 0 fully saturated rings. The average Bonchev–Trinajstić information content (AvgIpc) is 2.89. The van der Waals surface area contributed by atoms with Crippen LogP contribution in [0.25, 0.3) is 0 Å². The number of hydrogen-bond donors (Lipinski definition) is 1. The first kappa shape index (κ1) is 25.5. The molecule has 0 aromatic heterocycles. The summed E-state index contributed by atoms with van der Waals surface area (Å²) in [6.45, 7) is 4.70. The number of carbonyl (C=O) groups excluding carboxylic acids is 2. The van der Waals surface area contributed by atoms with Crippen molar-refractivity contribution in [3.8, 4) is 17.2 Å². The first-order chi connectivity index (χ1) is 17.1. The second-order valence-corrected chi connectivity index (χ2v) is 7.76. The summed E-state index contributed by atoms with van der Waals surface area (Å²) in [5, 5.41) is 3.93. The molecule has 0 saturated heterocycles. The summed E-state index contributed by atoms with van der Waals surface area (Å²) in [6, 6.07) is 21.2. The van der Waals surface area contributed by atoms with E-state index >= 15 is 0 Å². The standard InChI is InChI=1S/C28H30N2O5/c1-3-5-18-33-24-16-10-23(11-17-24)28(32)35-26-14-8-22(9-15-26)19-29-30-27(31)20-34-25-12-6-21(4-2)7-13-25/h6-17,19H,3-5,18,20H2,1-2H3,(H,30,31)/b29-19+. The van der Waals surface area contributed by atoms with Crippen LogP contribution in [0.5, 0.6) is 17.2 Å². The molecule has 0 spiro atoms. The van der Waals surface area contributed by atoms with Crippen molar-refractivity contribution in [1.29, 1.82) is 0 Å². The zero-order valence-electron chi connectivity index (χ0n) is 20.0. The highest BCUT2D eigenvalue weighted by Crippen LogP contribution is 2.17. The van der Waals surface area contributed by atoms with E-state index < -0.39 is 5.97 Å². The number of ether oxygens (including phenoxy) is 3. The average molecular weight is 475 g/mol. The third-order valence-electron chi connectivity index (χ3n) is 5.05. The fourth-order valence-electron chi connectivity index (χ4n) is 2.99. The van der Waals surface area contributed by atoms with Gasteiger partial charge in [0.05, 0.1) is 18.4 Å². The van der Waals surface area contributed by atoms with Gasteiger partial charge in [-0.25, -0.2) is 10.2 Å². The molecule has 7 nitrogen and oxygen atoms in total. The largest absolute Gasteiger partial charge is 0.494 e. The Morgan fingerprint density at radius 3 is 2.11 bits per heavy atom. The molecule has 0 unspecified atom stereocenters. The van der Waals surface area contributed by atoms with Gasteiger partial charge in [0, 0.05) is 0 Å². The smallest absolute Gasteiger partial charge is 0.343 e. The van der Waals surface area contributed by atoms with Crippen LogP contribution in [0.2, 0.25) is 0 Å². The van der Waals surface area contributed by atoms with Crippen molar-refractivity contribution in [1.82, 2.24) is 5.43 Å². The van der Waals surface area contributed by atoms with Crippen LogP contribution in [0.3, 0.4) is 0 Å². The Balaban J connectivity index is 1.42. The van der Waals surface area contributed by atoms with Gasteiger partial charge in [0.1, 0.15) is 17.2 Å². The van der Waals surface area contributed by atoms with Crippen LogP contribution in [-0.2, 0) is 11.2 Å². The Labute approximate surface area is 205 Å². The first-order valence-corrected chi connectivity index (χ1v) is 11.7. The molecule has 0 bridgehead atoms. The van der Waals surface area contributed by atoms with Gasteiger partial charge in [-0.05, 0) is 84.6 Å². The van der Waals surface area contributed by atoms with E-state index in [1.54, 1.807) is 48.5 Å². The fraction of sp³-hybridized carbons (Fsp3) is 0.250. The number of carbonyl (C=O) groups is 2. The summed E-state index contributed by atoms with van der Waals surface area (Å²) in [5.74, 6) is 0.934. The Hall–Kier alpha value is -4.13. The van der Waals surface area contributed by atoms with Crippen molar-refractivity contribution >= 4 is 18.1 Å². The second kappa shape index (κ2) is 13.5. The van der Waals surface area contributed by atoms with Crippen LogP contribution in [0.1, 0.15) is 48.2 Å². The molecule has 0 aliphatic heterocycles. The first-order valence-electron chi connectivity index (χ1n) is 11.7. The Morgan fingerprint density at radius 1 is 0.829 bits per heavy atom. The zero-order valence-corrected chi connectivity index (χ0v) is 20.0. The lowest BCUT2D eigenvalue weighted by molar-refractivity contribution is -0.123. The van der Waals surface area contributed by atoms with E-state index in [4.69, 9.17) is 14.2 Å². The second-order valence-electron chi connectivity index (χ2n) is 7.76. The maximum Gasteiger partial charge on any atom is 0.343 e. The maximum atomic E-state index is 12.4. The predicted octanol–water partition coefficient (Wildman–Crippen LogP) is 5.18. The summed E-state index contributed by atoms with van der Waals surface area (Å²) in [6.07, 6.45) is 4.49. The number of rotatable bonds is 12. The van der Waals surface area contributed by atoms with E-state index in [0.717, 1.165) is 30.6 Å². The molecule has 3 aromatic rings. The third kappa shape index (κ3) is 8.62. The lowest BCUT2D eigenvalue weighted by Crippen LogP contribution is -2.24. The van der Waals surface area contributed by atoms with Gasteiger partial charge in [-0.15, -0.1) is 0 Å². The normalized spacial score (nSPS) is 10.7. The number of hydrazone groups is 1. The summed E-state index contributed by atoms with van der Waals surface area (Å²) in [5.41, 5.74) is 4.79. The van der Waals surface area contributed by atoms with E-state index in [9.17, 15) is 9.59 Å². The molecule has 1 amide bonds. The van der Waals surface area contributed by atoms with E-state index in [2.05, 4.69) is 24.4 Å². The van der Waals surface area contributed by atoms with Crippen LogP contribution >= 0.6 is 0 Å². The van der Waals surface area contributed by atoms with Gasteiger partial charge in [0.2, 0.25) is 0 Å². The topological polar surface area (TPSA) is 86.2 Å². The minimum atomic E-state index is -0.455. The summed E-state index contributed by atoms with van der Waals surface area (Å²) >= 11 is 0. The lowest BCUT2D eigenvalue weighted by Gasteiger charge is -2.07. The van der Waals surface area contributed by atoms with E-state index in [1.165, 1.54) is 11.8 Å². The van der Waals surface area contributed by atoms with Crippen LogP contribution in [0.4, 0.5) is 0 Å². The zero-order chi connectivity index (χ0) is 24.9. The predicted molar refractivity (Wildman–Crippen MR) is 135 cm³/mol. The molecular formula is C28H30N2O5. The van der Waals surface area contributed by atoms with Crippen LogP contribution in [0.15, 0.2) is 77.9 Å². The summed E-state index contributed by atoms with van der Waals surface area (Å²) < 4.78 is 16.5. The molecule has 182 valence electrons. The molecule has 3 aromatic carbocycles. The third-order valence-corrected chi connectivity index (χ3v) is 5.05. The van der Waals surface area contributed by atoms with Crippen molar-refractivity contribution in [2.24, 2.45) is 5.10 Å². The van der Waals surface area contributed by atoms with Crippen LogP contribution < -0.4 is 19.6 Å². The lowest BCUT2D eigenvalue weighted by atomic mass is 10.2. The molecule has 0 heterocycles. The summed E-state index contributed by atoms with van der Waals surface area (Å²) in [7, 11) is 0. The van der Waals surface area contributed by atoms with Crippen LogP contribution in [0, 0.1) is 0 Å². The number of amides is 1. The number of nitrogens with one attached hydrogen (secondary N) is 1. The number of nitrogens with zero attached hydrogens (tertiary/aromatic N) is 1. The van der Waals surface area contributed by atoms with Crippen molar-refractivity contribution in [3.05, 3.63) is 89.5 Å². The molecule has 0 radical (unpaired) electrons. The van der Waals surface area contributed by atoms with Gasteiger partial charge in [-0.1, -0.05) is 32.4 Å². The Bertz CT molecular complexity index is 1110. The molecule has 1 N–H and O–H groups in total. The van der Waals surface area contributed by atoms with Gasteiger partial charge in [-0.2, -0.15) is 5.10 Å². The molecule has 35 heavy (non-hydrogen) atoms. The van der Waals surface area contributed by atoms with Crippen molar-refractivity contribution in [3.63, 3.8) is 0 Å². The highest BCUT2D eigenvalue weighted by atomic mass is 16.5. The van der Waals surface area contributed by atoms with E-state index in [-0.39, 0.29) is 12.5 Å². The quantitative estimate of drug-likeness (QED) is 0.129. The van der Waals surface area contributed by atoms with Gasteiger partial charge in [0.15, 0.2) is 6.61 Å². The van der Waals surface area contributed by atoms with Gasteiger partial charge in [-0.3, -0.25) is 4.79 Å². The number of benzene rings is 3.